The molecule has 6 nitrogen and oxygen atoms in total. The van der Waals surface area contributed by atoms with Gasteiger partial charge in [-0.2, -0.15) is 0 Å². The van der Waals surface area contributed by atoms with E-state index in [1.807, 2.05) is 0 Å². The van der Waals surface area contributed by atoms with Gasteiger partial charge in [0.1, 0.15) is 0 Å². The average molecular weight is 1180 g/mol. The number of ether oxygens (including phenoxy) is 1. The lowest BCUT2D eigenvalue weighted by Crippen LogP contribution is -2.45. The second kappa shape index (κ2) is 73.8. The van der Waals surface area contributed by atoms with Gasteiger partial charge in [0.15, 0.2) is 0 Å². The Morgan fingerprint density at radius 2 is 0.595 bits per heavy atom. The minimum absolute atomic E-state index is 0.0148. The zero-order valence-corrected chi connectivity index (χ0v) is 57.2. The van der Waals surface area contributed by atoms with E-state index >= 15 is 0 Å². The molecule has 0 aliphatic rings. The van der Waals surface area contributed by atoms with E-state index < -0.39 is 12.1 Å². The van der Waals surface area contributed by atoms with Gasteiger partial charge >= 0.3 is 5.97 Å². The van der Waals surface area contributed by atoms with Crippen LogP contribution in [0, 0.1) is 0 Å². The lowest BCUT2D eigenvalue weighted by Gasteiger charge is -2.22. The van der Waals surface area contributed by atoms with E-state index in [0.29, 0.717) is 25.9 Å². The normalized spacial score (nSPS) is 12.6. The lowest BCUT2D eigenvalue weighted by molar-refractivity contribution is -0.143. The number of rotatable bonds is 73. The van der Waals surface area contributed by atoms with E-state index in [4.69, 9.17) is 4.74 Å². The molecule has 6 heteroatoms. The highest BCUT2D eigenvalue weighted by molar-refractivity contribution is 5.76. The molecular weight excluding hydrogens is 1030 g/mol. The molecule has 0 radical (unpaired) electrons. The maximum Gasteiger partial charge on any atom is 0.305 e. The molecule has 0 spiro atoms. The number of esters is 1. The number of unbranched alkanes of at least 4 members (excludes halogenated alkanes) is 58. The molecule has 2 unspecified atom stereocenters. The van der Waals surface area contributed by atoms with E-state index in [-0.39, 0.29) is 18.5 Å². The van der Waals surface area contributed by atoms with Crippen molar-refractivity contribution in [3.63, 3.8) is 0 Å². The standard InChI is InChI=1S/C78H151NO5/c1-3-5-7-9-11-13-15-17-19-21-40-44-48-52-56-60-64-68-72-78(83)84-73-69-65-61-57-53-49-45-41-37-35-33-31-29-27-25-23-22-24-26-28-30-32-34-36-39-43-47-51-55-59-63-67-71-77(82)79-75(74-80)76(81)70-66-62-58-54-50-46-42-38-20-18-16-14-12-10-8-6-4-2/h13,15,19,21,75-76,80-81H,3-12,14,16-18,20,22-74H2,1-2H3,(H,79,82)/b15-13-,21-19-. The van der Waals surface area contributed by atoms with Crippen LogP contribution in [0.3, 0.4) is 0 Å². The van der Waals surface area contributed by atoms with Gasteiger partial charge in [-0.1, -0.05) is 391 Å². The molecule has 0 aromatic heterocycles. The van der Waals surface area contributed by atoms with Crippen molar-refractivity contribution in [2.24, 2.45) is 0 Å². The van der Waals surface area contributed by atoms with E-state index in [2.05, 4.69) is 43.5 Å². The summed E-state index contributed by atoms with van der Waals surface area (Å²) in [6.07, 6.45) is 94.0. The number of amides is 1. The summed E-state index contributed by atoms with van der Waals surface area (Å²) in [5.74, 6) is -0.0115. The molecule has 0 saturated heterocycles. The first-order valence-electron chi connectivity index (χ1n) is 38.6. The Kier molecular flexibility index (Phi) is 72.3. The third-order valence-corrected chi connectivity index (χ3v) is 18.3. The molecule has 0 aromatic carbocycles. The van der Waals surface area contributed by atoms with Gasteiger partial charge in [0.25, 0.3) is 0 Å². The maximum atomic E-state index is 12.5. The van der Waals surface area contributed by atoms with Crippen LogP contribution in [-0.4, -0.2) is 47.4 Å². The van der Waals surface area contributed by atoms with Crippen molar-refractivity contribution in [1.82, 2.24) is 5.32 Å². The first-order chi connectivity index (χ1) is 41.5. The molecule has 3 N–H and O–H groups in total. The van der Waals surface area contributed by atoms with Gasteiger partial charge in [0.2, 0.25) is 5.91 Å². The Bertz CT molecular complexity index is 1320. The number of hydrogen-bond acceptors (Lipinski definition) is 5. The molecular formula is C78H151NO5. The summed E-state index contributed by atoms with van der Waals surface area (Å²) in [6.45, 7) is 4.98. The zero-order valence-electron chi connectivity index (χ0n) is 57.2. The summed E-state index contributed by atoms with van der Waals surface area (Å²) in [6, 6.07) is -0.538. The molecule has 0 bridgehead atoms. The Labute approximate surface area is 526 Å². The monoisotopic (exact) mass is 1180 g/mol. The number of aliphatic hydroxyl groups is 2. The van der Waals surface area contributed by atoms with Crippen molar-refractivity contribution < 1.29 is 24.5 Å². The average Bonchev–Trinajstić information content (AvgIpc) is 3.51. The predicted molar refractivity (Wildman–Crippen MR) is 370 cm³/mol. The highest BCUT2D eigenvalue weighted by Gasteiger charge is 2.20. The van der Waals surface area contributed by atoms with E-state index in [0.717, 1.165) is 51.4 Å². The molecule has 0 aliphatic heterocycles. The van der Waals surface area contributed by atoms with Crippen LogP contribution < -0.4 is 5.32 Å². The Morgan fingerprint density at radius 3 is 0.917 bits per heavy atom. The summed E-state index contributed by atoms with van der Waals surface area (Å²) < 4.78 is 5.51. The third kappa shape index (κ3) is 69.4. The summed E-state index contributed by atoms with van der Waals surface area (Å²) in [5, 5.41) is 23.4. The van der Waals surface area contributed by atoms with E-state index in [9.17, 15) is 19.8 Å². The fourth-order valence-corrected chi connectivity index (χ4v) is 12.4. The van der Waals surface area contributed by atoms with Crippen molar-refractivity contribution in [3.05, 3.63) is 24.3 Å². The second-order valence-corrected chi connectivity index (χ2v) is 26.7. The molecule has 0 aliphatic carbocycles. The topological polar surface area (TPSA) is 95.9 Å². The number of carbonyl (C=O) groups excluding carboxylic acids is 2. The van der Waals surface area contributed by atoms with Gasteiger partial charge in [0, 0.05) is 12.8 Å². The smallest absolute Gasteiger partial charge is 0.305 e. The van der Waals surface area contributed by atoms with Crippen LogP contribution in [0.5, 0.6) is 0 Å². The van der Waals surface area contributed by atoms with Crippen LogP contribution in [0.4, 0.5) is 0 Å². The largest absolute Gasteiger partial charge is 0.466 e. The molecule has 84 heavy (non-hydrogen) atoms. The summed E-state index contributed by atoms with van der Waals surface area (Å²) in [4.78, 5) is 24.6. The Balaban J connectivity index is 3.31. The summed E-state index contributed by atoms with van der Waals surface area (Å²) in [5.41, 5.74) is 0. The fourth-order valence-electron chi connectivity index (χ4n) is 12.4. The second-order valence-electron chi connectivity index (χ2n) is 26.7. The molecule has 2 atom stereocenters. The van der Waals surface area contributed by atoms with Crippen LogP contribution in [0.1, 0.15) is 438 Å². The molecule has 498 valence electrons. The Morgan fingerprint density at radius 1 is 0.333 bits per heavy atom. The highest BCUT2D eigenvalue weighted by atomic mass is 16.5. The molecule has 0 aromatic rings. The third-order valence-electron chi connectivity index (χ3n) is 18.3. The highest BCUT2D eigenvalue weighted by Crippen LogP contribution is 2.20. The van der Waals surface area contributed by atoms with Gasteiger partial charge in [-0.05, 0) is 57.8 Å². The summed E-state index contributed by atoms with van der Waals surface area (Å²) in [7, 11) is 0. The van der Waals surface area contributed by atoms with E-state index in [1.165, 1.54) is 353 Å². The van der Waals surface area contributed by atoms with Crippen LogP contribution in [0.15, 0.2) is 24.3 Å². The van der Waals surface area contributed by atoms with Gasteiger partial charge in [0.05, 0.1) is 25.4 Å². The van der Waals surface area contributed by atoms with E-state index in [1.54, 1.807) is 0 Å². The van der Waals surface area contributed by atoms with Crippen LogP contribution >= 0.6 is 0 Å². The lowest BCUT2D eigenvalue weighted by atomic mass is 10.0. The number of hydrogen-bond donors (Lipinski definition) is 3. The minimum atomic E-state index is -0.661. The molecule has 0 rings (SSSR count). The fraction of sp³-hybridized carbons (Fsp3) is 0.923. The van der Waals surface area contributed by atoms with Crippen molar-refractivity contribution >= 4 is 11.9 Å². The van der Waals surface area contributed by atoms with Gasteiger partial charge in [-0.25, -0.2) is 0 Å². The van der Waals surface area contributed by atoms with Crippen molar-refractivity contribution in [1.29, 1.82) is 0 Å². The number of allylic oxidation sites excluding steroid dienone is 4. The quantitative estimate of drug-likeness (QED) is 0.0320. The van der Waals surface area contributed by atoms with Crippen LogP contribution in [0.2, 0.25) is 0 Å². The van der Waals surface area contributed by atoms with Gasteiger partial charge in [-0.15, -0.1) is 0 Å². The minimum Gasteiger partial charge on any atom is -0.466 e. The SMILES string of the molecule is CCCCCC/C=C\C/C=C\CCCCCCCCCC(=O)OCCCCCCCCCCCCCCCCCCCCCCCCCCCCCCCCCCC(=O)NC(CO)C(O)CCCCCCCCCCCCCCCCCCC. The summed E-state index contributed by atoms with van der Waals surface area (Å²) >= 11 is 0. The first kappa shape index (κ1) is 82.3. The molecule has 1 amide bonds. The number of aliphatic hydroxyl groups excluding tert-OH is 2. The number of carbonyl (C=O) groups is 2. The van der Waals surface area contributed by atoms with Crippen LogP contribution in [-0.2, 0) is 14.3 Å². The first-order valence-corrected chi connectivity index (χ1v) is 38.6. The predicted octanol–water partition coefficient (Wildman–Crippen LogP) is 25.3. The van der Waals surface area contributed by atoms with Crippen molar-refractivity contribution in [2.45, 2.75) is 450 Å². The maximum absolute atomic E-state index is 12.5. The molecule has 0 saturated carbocycles. The zero-order chi connectivity index (χ0) is 60.6. The molecule has 0 fully saturated rings. The Hall–Kier alpha value is -1.66. The number of nitrogens with one attached hydrogen (secondary N) is 1. The van der Waals surface area contributed by atoms with Gasteiger partial charge in [-0.3, -0.25) is 9.59 Å². The van der Waals surface area contributed by atoms with Crippen molar-refractivity contribution in [3.8, 4) is 0 Å². The van der Waals surface area contributed by atoms with Gasteiger partial charge < -0.3 is 20.3 Å². The van der Waals surface area contributed by atoms with Crippen molar-refractivity contribution in [2.75, 3.05) is 13.2 Å². The molecule has 0 heterocycles. The van der Waals surface area contributed by atoms with Crippen LogP contribution in [0.25, 0.3) is 0 Å².